The third-order valence-electron chi connectivity index (χ3n) is 5.95. The van der Waals surface area contributed by atoms with Crippen LogP contribution in [0.1, 0.15) is 25.7 Å². The van der Waals surface area contributed by atoms with E-state index in [0.29, 0.717) is 22.8 Å². The summed E-state index contributed by atoms with van der Waals surface area (Å²) in [7, 11) is 1.88. The Hall–Kier alpha value is -1.51. The molecule has 2 aromatic heterocycles. The maximum atomic E-state index is 6.36. The van der Waals surface area contributed by atoms with E-state index >= 15 is 0 Å². The number of hydrogen-bond acceptors (Lipinski definition) is 7. The number of rotatable bonds is 7. The van der Waals surface area contributed by atoms with Gasteiger partial charge in [0.2, 0.25) is 5.95 Å². The Kier molecular flexibility index (Phi) is 5.11. The molecule has 150 valence electrons. The zero-order valence-corrected chi connectivity index (χ0v) is 17.6. The number of anilines is 3. The molecule has 0 bridgehead atoms. The van der Waals surface area contributed by atoms with E-state index in [1.165, 1.54) is 44.5 Å². The van der Waals surface area contributed by atoms with Gasteiger partial charge in [-0.3, -0.25) is 8.99 Å². The minimum absolute atomic E-state index is 0.434. The van der Waals surface area contributed by atoms with Gasteiger partial charge in [-0.25, -0.2) is 4.98 Å². The lowest BCUT2D eigenvalue weighted by atomic mass is 10.0. The van der Waals surface area contributed by atoms with Gasteiger partial charge in [-0.2, -0.15) is 10.1 Å². The molecule has 3 fully saturated rings. The second-order valence-electron chi connectivity index (χ2n) is 8.34. The highest BCUT2D eigenvalue weighted by Crippen LogP contribution is 2.43. The normalized spacial score (nSPS) is 27.1. The fraction of sp³-hybridized carbons (Fsp3) is 0.632. The van der Waals surface area contributed by atoms with Crippen molar-refractivity contribution in [3.8, 4) is 0 Å². The average Bonchev–Trinajstić information content (AvgIpc) is 3.12. The summed E-state index contributed by atoms with van der Waals surface area (Å²) in [6, 6.07) is 0.434. The summed E-state index contributed by atoms with van der Waals surface area (Å²) in [5, 5.41) is 11.5. The first-order valence-corrected chi connectivity index (χ1v) is 11.4. The molecule has 0 aromatic carbocycles. The zero-order chi connectivity index (χ0) is 19.1. The summed E-state index contributed by atoms with van der Waals surface area (Å²) in [5.74, 6) is 5.14. The number of halogens is 1. The lowest BCUT2D eigenvalue weighted by molar-refractivity contribution is 0.494. The largest absolute Gasteiger partial charge is 0.366 e. The molecule has 7 nitrogen and oxygen atoms in total. The summed E-state index contributed by atoms with van der Waals surface area (Å²) in [5.41, 5.74) is 0.856. The van der Waals surface area contributed by atoms with Crippen molar-refractivity contribution in [2.45, 2.75) is 31.7 Å². The number of nitrogens with zero attached hydrogens (tertiary/aromatic N) is 5. The molecule has 5 rings (SSSR count). The molecule has 2 atom stereocenters. The van der Waals surface area contributed by atoms with E-state index in [0.717, 1.165) is 23.4 Å². The van der Waals surface area contributed by atoms with Crippen molar-refractivity contribution in [3.05, 3.63) is 23.6 Å². The van der Waals surface area contributed by atoms with Crippen LogP contribution in [0.25, 0.3) is 0 Å². The molecule has 9 heteroatoms. The predicted molar refractivity (Wildman–Crippen MR) is 114 cm³/mol. The molecule has 3 heterocycles. The summed E-state index contributed by atoms with van der Waals surface area (Å²) >= 11 is 8.44. The molecule has 0 radical (unpaired) electrons. The molecule has 2 aliphatic carbocycles. The molecule has 1 aliphatic heterocycles. The quantitative estimate of drug-likeness (QED) is 0.661. The Balaban J connectivity index is 1.17. The van der Waals surface area contributed by atoms with Crippen molar-refractivity contribution >= 4 is 41.0 Å². The van der Waals surface area contributed by atoms with Crippen molar-refractivity contribution in [3.63, 3.8) is 0 Å². The van der Waals surface area contributed by atoms with E-state index in [1.807, 2.05) is 13.2 Å². The second-order valence-corrected chi connectivity index (χ2v) is 9.85. The second kappa shape index (κ2) is 7.72. The Morgan fingerprint density at radius 2 is 2.00 bits per heavy atom. The fourth-order valence-corrected chi connectivity index (χ4v) is 5.81. The van der Waals surface area contributed by atoms with Crippen LogP contribution in [0.2, 0.25) is 5.02 Å². The van der Waals surface area contributed by atoms with E-state index in [4.69, 9.17) is 11.6 Å². The van der Waals surface area contributed by atoms with E-state index in [-0.39, 0.29) is 0 Å². The number of nitrogens with one attached hydrogen (secondary N) is 2. The van der Waals surface area contributed by atoms with E-state index in [1.54, 1.807) is 17.1 Å². The highest BCUT2D eigenvalue weighted by Gasteiger charge is 2.41. The van der Waals surface area contributed by atoms with Crippen molar-refractivity contribution in [1.29, 1.82) is 0 Å². The molecule has 2 unspecified atom stereocenters. The van der Waals surface area contributed by atoms with Gasteiger partial charge in [0.05, 0.1) is 18.1 Å². The van der Waals surface area contributed by atoms with Gasteiger partial charge in [-0.15, -0.1) is 0 Å². The van der Waals surface area contributed by atoms with Crippen LogP contribution < -0.4 is 10.6 Å². The monoisotopic (exact) mass is 419 g/mol. The molecule has 2 aromatic rings. The summed E-state index contributed by atoms with van der Waals surface area (Å²) in [6.07, 6.45) is 10.6. The fourth-order valence-electron chi connectivity index (χ4n) is 4.31. The molecule has 1 saturated heterocycles. The SMILES string of the molecule is Cn1cc(Nc2ncc(Cl)c(NC3CC4CN(SCC5CC5)CC4C3)n2)cn1. The topological polar surface area (TPSA) is 70.9 Å². The third-order valence-corrected chi connectivity index (χ3v) is 7.51. The number of aromatic nitrogens is 4. The molecule has 2 N–H and O–H groups in total. The Morgan fingerprint density at radius 3 is 2.68 bits per heavy atom. The zero-order valence-electron chi connectivity index (χ0n) is 16.0. The van der Waals surface area contributed by atoms with Gasteiger partial charge in [-0.05, 0) is 43.4 Å². The molecular formula is C19H26ClN7S. The Bertz CT molecular complexity index is 825. The highest BCUT2D eigenvalue weighted by molar-refractivity contribution is 7.97. The van der Waals surface area contributed by atoms with Crippen molar-refractivity contribution < 1.29 is 0 Å². The van der Waals surface area contributed by atoms with Gasteiger partial charge in [0.25, 0.3) is 0 Å². The van der Waals surface area contributed by atoms with Gasteiger partial charge in [0, 0.05) is 38.1 Å². The van der Waals surface area contributed by atoms with Crippen LogP contribution in [-0.4, -0.2) is 48.9 Å². The molecular weight excluding hydrogens is 394 g/mol. The van der Waals surface area contributed by atoms with Gasteiger partial charge in [0.1, 0.15) is 5.02 Å². The summed E-state index contributed by atoms with van der Waals surface area (Å²) in [6.45, 7) is 2.46. The average molecular weight is 420 g/mol. The molecule has 2 saturated carbocycles. The number of aryl methyl sites for hydroxylation is 1. The Labute approximate surface area is 174 Å². The van der Waals surface area contributed by atoms with Gasteiger partial charge < -0.3 is 10.6 Å². The van der Waals surface area contributed by atoms with Crippen LogP contribution in [-0.2, 0) is 7.05 Å². The maximum absolute atomic E-state index is 6.36. The number of fused-ring (bicyclic) bond motifs is 1. The molecule has 28 heavy (non-hydrogen) atoms. The van der Waals surface area contributed by atoms with Crippen LogP contribution in [0.5, 0.6) is 0 Å². The smallest absolute Gasteiger partial charge is 0.229 e. The van der Waals surface area contributed by atoms with Gasteiger partial charge in [-0.1, -0.05) is 23.5 Å². The van der Waals surface area contributed by atoms with Crippen molar-refractivity contribution in [1.82, 2.24) is 24.1 Å². The van der Waals surface area contributed by atoms with E-state index in [9.17, 15) is 0 Å². The minimum atomic E-state index is 0.434. The van der Waals surface area contributed by atoms with Crippen LogP contribution in [0.3, 0.4) is 0 Å². The number of hydrogen-bond donors (Lipinski definition) is 2. The summed E-state index contributed by atoms with van der Waals surface area (Å²) < 4.78 is 4.35. The van der Waals surface area contributed by atoms with Crippen LogP contribution in [0.4, 0.5) is 17.5 Å². The predicted octanol–water partition coefficient (Wildman–Crippen LogP) is 3.79. The maximum Gasteiger partial charge on any atom is 0.229 e. The lowest BCUT2D eigenvalue weighted by Gasteiger charge is -2.19. The Morgan fingerprint density at radius 1 is 1.21 bits per heavy atom. The first-order chi connectivity index (χ1) is 13.6. The standard InChI is InChI=1S/C19H26ClN7S/c1-26-10-16(6-22-26)24-19-21-7-17(20)18(25-19)23-15-4-13-8-27(9-14(13)5-15)28-11-12-2-3-12/h6-7,10,12-15H,2-5,8-9,11H2,1H3,(H2,21,23,24,25). The van der Waals surface area contributed by atoms with Crippen molar-refractivity contribution in [2.24, 2.45) is 24.8 Å². The van der Waals surface area contributed by atoms with Crippen LogP contribution in [0, 0.1) is 17.8 Å². The summed E-state index contributed by atoms with van der Waals surface area (Å²) in [4.78, 5) is 8.87. The molecule has 0 spiro atoms. The first-order valence-electron chi connectivity index (χ1n) is 10.0. The van der Waals surface area contributed by atoms with E-state index in [2.05, 4.69) is 42.0 Å². The van der Waals surface area contributed by atoms with E-state index < -0.39 is 0 Å². The highest BCUT2D eigenvalue weighted by atomic mass is 35.5. The van der Waals surface area contributed by atoms with Crippen LogP contribution >= 0.6 is 23.5 Å². The third kappa shape index (κ3) is 4.23. The first kappa shape index (κ1) is 18.5. The molecule has 0 amide bonds. The van der Waals surface area contributed by atoms with Gasteiger partial charge in [0.15, 0.2) is 5.82 Å². The van der Waals surface area contributed by atoms with Crippen LogP contribution in [0.15, 0.2) is 18.6 Å². The van der Waals surface area contributed by atoms with Crippen molar-refractivity contribution in [2.75, 3.05) is 29.5 Å². The molecule has 3 aliphatic rings. The lowest BCUT2D eigenvalue weighted by Crippen LogP contribution is -2.22. The van der Waals surface area contributed by atoms with Gasteiger partial charge >= 0.3 is 0 Å². The minimum Gasteiger partial charge on any atom is -0.366 e.